The number of nitrogens with two attached hydrogens (primary N) is 1. The lowest BCUT2D eigenvalue weighted by molar-refractivity contribution is -0.0905. The van der Waals surface area contributed by atoms with Crippen molar-refractivity contribution in [3.05, 3.63) is 0 Å². The van der Waals surface area contributed by atoms with Crippen LogP contribution in [0.5, 0.6) is 0 Å². The summed E-state index contributed by atoms with van der Waals surface area (Å²) in [6, 6.07) is 0. The maximum Gasteiger partial charge on any atom is 0.0738 e. The van der Waals surface area contributed by atoms with Crippen LogP contribution >= 0.6 is 0 Å². The Hall–Kier alpha value is -0.0800. The Morgan fingerprint density at radius 2 is 2.00 bits per heavy atom. The predicted octanol–water partition coefficient (Wildman–Crippen LogP) is 2.30. The van der Waals surface area contributed by atoms with Crippen LogP contribution in [0.25, 0.3) is 0 Å². The van der Waals surface area contributed by atoms with Gasteiger partial charge in [-0.15, -0.1) is 0 Å². The quantitative estimate of drug-likeness (QED) is 0.730. The third kappa shape index (κ3) is 1.82. The Morgan fingerprint density at radius 1 is 1.36 bits per heavy atom. The first kappa shape index (κ1) is 12.0. The zero-order valence-electron chi connectivity index (χ0n) is 9.84. The van der Waals surface area contributed by atoms with Gasteiger partial charge in [0, 0.05) is 5.92 Å². The van der Waals surface area contributed by atoms with E-state index in [2.05, 4.69) is 20.8 Å². The van der Waals surface area contributed by atoms with Crippen LogP contribution in [0, 0.1) is 11.3 Å². The van der Waals surface area contributed by atoms with E-state index in [0.717, 1.165) is 32.1 Å². The molecule has 14 heavy (non-hydrogen) atoms. The summed E-state index contributed by atoms with van der Waals surface area (Å²) in [5, 5.41) is 10.7. The molecule has 0 bridgehead atoms. The first-order valence-electron chi connectivity index (χ1n) is 5.90. The monoisotopic (exact) mass is 199 g/mol. The van der Waals surface area contributed by atoms with Crippen LogP contribution in [0.2, 0.25) is 0 Å². The van der Waals surface area contributed by atoms with Crippen molar-refractivity contribution >= 4 is 0 Å². The van der Waals surface area contributed by atoms with E-state index in [1.807, 2.05) is 0 Å². The highest BCUT2D eigenvalue weighted by Gasteiger charge is 2.51. The molecule has 0 heterocycles. The van der Waals surface area contributed by atoms with Crippen molar-refractivity contribution in [1.29, 1.82) is 0 Å². The van der Waals surface area contributed by atoms with E-state index < -0.39 is 5.60 Å². The Balaban J connectivity index is 2.80. The lowest BCUT2D eigenvalue weighted by atomic mass is 9.69. The topological polar surface area (TPSA) is 46.2 Å². The van der Waals surface area contributed by atoms with Gasteiger partial charge < -0.3 is 10.8 Å². The minimum atomic E-state index is -0.516. The molecule has 0 aromatic carbocycles. The fraction of sp³-hybridized carbons (Fsp3) is 1.00. The zero-order chi connectivity index (χ0) is 10.8. The molecule has 0 spiro atoms. The van der Waals surface area contributed by atoms with E-state index in [0.29, 0.717) is 6.54 Å². The van der Waals surface area contributed by atoms with E-state index in [9.17, 15) is 5.11 Å². The molecule has 2 unspecified atom stereocenters. The highest BCUT2D eigenvalue weighted by molar-refractivity contribution is 5.02. The van der Waals surface area contributed by atoms with Crippen molar-refractivity contribution in [3.63, 3.8) is 0 Å². The summed E-state index contributed by atoms with van der Waals surface area (Å²) in [5.74, 6) is 0.282. The molecule has 0 amide bonds. The van der Waals surface area contributed by atoms with Crippen molar-refractivity contribution in [2.45, 2.75) is 58.5 Å². The van der Waals surface area contributed by atoms with Gasteiger partial charge >= 0.3 is 0 Å². The van der Waals surface area contributed by atoms with Crippen LogP contribution in [0.1, 0.15) is 52.9 Å². The van der Waals surface area contributed by atoms with Crippen molar-refractivity contribution in [1.82, 2.24) is 0 Å². The third-order valence-corrected chi connectivity index (χ3v) is 4.13. The first-order valence-corrected chi connectivity index (χ1v) is 5.90. The molecule has 0 aromatic heterocycles. The molecule has 1 aliphatic rings. The molecule has 1 fully saturated rings. The van der Waals surface area contributed by atoms with Crippen molar-refractivity contribution in [2.75, 3.05) is 6.54 Å². The van der Waals surface area contributed by atoms with E-state index in [-0.39, 0.29) is 11.3 Å². The SMILES string of the molecule is CCCC(CN)C1(O)CCCC1(C)C. The average molecular weight is 199 g/mol. The Morgan fingerprint density at radius 3 is 2.36 bits per heavy atom. The zero-order valence-corrected chi connectivity index (χ0v) is 9.84. The lowest BCUT2D eigenvalue weighted by Gasteiger charge is -2.42. The van der Waals surface area contributed by atoms with Crippen molar-refractivity contribution < 1.29 is 5.11 Å². The summed E-state index contributed by atoms with van der Waals surface area (Å²) in [7, 11) is 0. The molecule has 0 aromatic rings. The molecule has 1 aliphatic carbocycles. The molecule has 1 rings (SSSR count). The van der Waals surface area contributed by atoms with Crippen LogP contribution in [0.3, 0.4) is 0 Å². The van der Waals surface area contributed by atoms with Gasteiger partial charge in [0.15, 0.2) is 0 Å². The van der Waals surface area contributed by atoms with Gasteiger partial charge in [0.25, 0.3) is 0 Å². The fourth-order valence-corrected chi connectivity index (χ4v) is 3.01. The highest BCUT2D eigenvalue weighted by atomic mass is 16.3. The largest absolute Gasteiger partial charge is 0.389 e. The molecule has 0 radical (unpaired) electrons. The molecule has 84 valence electrons. The minimum Gasteiger partial charge on any atom is -0.389 e. The van der Waals surface area contributed by atoms with Crippen molar-refractivity contribution in [2.24, 2.45) is 17.1 Å². The summed E-state index contributed by atoms with van der Waals surface area (Å²) < 4.78 is 0. The Kier molecular flexibility index (Phi) is 3.59. The summed E-state index contributed by atoms with van der Waals surface area (Å²) in [4.78, 5) is 0. The normalized spacial score (nSPS) is 33.2. The van der Waals surface area contributed by atoms with Crippen LogP contribution in [-0.2, 0) is 0 Å². The van der Waals surface area contributed by atoms with Gasteiger partial charge in [-0.25, -0.2) is 0 Å². The van der Waals surface area contributed by atoms with Crippen LogP contribution < -0.4 is 5.73 Å². The summed E-state index contributed by atoms with van der Waals surface area (Å²) in [6.45, 7) is 7.14. The molecule has 0 saturated heterocycles. The standard InChI is InChI=1S/C12H25NO/c1-4-6-10(9-13)12(14)8-5-7-11(12,2)3/h10,14H,4-9,13H2,1-3H3. The van der Waals surface area contributed by atoms with E-state index in [4.69, 9.17) is 5.73 Å². The second kappa shape index (κ2) is 4.19. The van der Waals surface area contributed by atoms with Crippen LogP contribution in [0.4, 0.5) is 0 Å². The van der Waals surface area contributed by atoms with Gasteiger partial charge in [0.2, 0.25) is 0 Å². The highest BCUT2D eigenvalue weighted by Crippen LogP contribution is 2.50. The second-order valence-electron chi connectivity index (χ2n) is 5.38. The Labute approximate surface area is 87.9 Å². The molecular formula is C12H25NO. The van der Waals surface area contributed by atoms with E-state index in [1.54, 1.807) is 0 Å². The number of hydrogen-bond donors (Lipinski definition) is 2. The first-order chi connectivity index (χ1) is 6.48. The fourth-order valence-electron chi connectivity index (χ4n) is 3.01. The number of hydrogen-bond acceptors (Lipinski definition) is 2. The molecule has 1 saturated carbocycles. The van der Waals surface area contributed by atoms with E-state index >= 15 is 0 Å². The molecular weight excluding hydrogens is 174 g/mol. The number of aliphatic hydroxyl groups is 1. The second-order valence-corrected chi connectivity index (χ2v) is 5.38. The Bertz CT molecular complexity index is 191. The third-order valence-electron chi connectivity index (χ3n) is 4.13. The lowest BCUT2D eigenvalue weighted by Crippen LogP contribution is -2.49. The van der Waals surface area contributed by atoms with Gasteiger partial charge in [-0.05, 0) is 37.6 Å². The van der Waals surface area contributed by atoms with Gasteiger partial charge in [0.1, 0.15) is 0 Å². The van der Waals surface area contributed by atoms with E-state index in [1.165, 1.54) is 0 Å². The van der Waals surface area contributed by atoms with Crippen LogP contribution in [0.15, 0.2) is 0 Å². The molecule has 2 nitrogen and oxygen atoms in total. The smallest absolute Gasteiger partial charge is 0.0738 e. The van der Waals surface area contributed by atoms with Crippen molar-refractivity contribution in [3.8, 4) is 0 Å². The average Bonchev–Trinajstić information content (AvgIpc) is 2.38. The van der Waals surface area contributed by atoms with Crippen LogP contribution in [-0.4, -0.2) is 17.3 Å². The summed E-state index contributed by atoms with van der Waals surface area (Å²) >= 11 is 0. The molecule has 2 atom stereocenters. The summed E-state index contributed by atoms with van der Waals surface area (Å²) in [6.07, 6.45) is 5.37. The number of rotatable bonds is 4. The van der Waals surface area contributed by atoms with Gasteiger partial charge in [-0.3, -0.25) is 0 Å². The minimum absolute atomic E-state index is 0.0478. The maximum absolute atomic E-state index is 10.7. The van der Waals surface area contributed by atoms with Gasteiger partial charge in [-0.1, -0.05) is 27.2 Å². The van der Waals surface area contributed by atoms with Gasteiger partial charge in [-0.2, -0.15) is 0 Å². The maximum atomic E-state index is 10.7. The molecule has 0 aliphatic heterocycles. The molecule has 3 N–H and O–H groups in total. The van der Waals surface area contributed by atoms with Gasteiger partial charge in [0.05, 0.1) is 5.60 Å². The summed E-state index contributed by atoms with van der Waals surface area (Å²) in [5.41, 5.74) is 5.32. The predicted molar refractivity (Wildman–Crippen MR) is 60.0 cm³/mol. The molecule has 2 heteroatoms.